The molecule has 2 rings (SSSR count). The van der Waals surface area contributed by atoms with Gasteiger partial charge >= 0.3 is 0 Å². The topological polar surface area (TPSA) is 42.2 Å². The van der Waals surface area contributed by atoms with Crippen LogP contribution in [0.3, 0.4) is 0 Å². The van der Waals surface area contributed by atoms with Crippen LogP contribution in [0.1, 0.15) is 22.5 Å². The summed E-state index contributed by atoms with van der Waals surface area (Å²) >= 11 is 1.78. The van der Waals surface area contributed by atoms with Crippen LogP contribution in [-0.2, 0) is 19.5 Å². The summed E-state index contributed by atoms with van der Waals surface area (Å²) in [6, 6.07) is 0. The van der Waals surface area contributed by atoms with Gasteiger partial charge in [-0.15, -0.1) is 11.3 Å². The Labute approximate surface area is 82.6 Å². The molecule has 1 aromatic rings. The van der Waals surface area contributed by atoms with Gasteiger partial charge in [0.2, 0.25) is 0 Å². The molecule has 2 heterocycles. The zero-order chi connectivity index (χ0) is 9.26. The summed E-state index contributed by atoms with van der Waals surface area (Å²) in [6.45, 7) is 6.15. The summed E-state index contributed by atoms with van der Waals surface area (Å²) in [5, 5.41) is 1.09. The fraction of sp³-hybridized carbons (Fsp3) is 0.667. The highest BCUT2D eigenvalue weighted by Gasteiger charge is 2.18. The maximum absolute atomic E-state index is 5.56. The molecular weight excluding hydrogens is 182 g/mol. The van der Waals surface area contributed by atoms with Crippen LogP contribution >= 0.6 is 11.3 Å². The first kappa shape index (κ1) is 9.12. The van der Waals surface area contributed by atoms with Crippen LogP contribution in [0.25, 0.3) is 0 Å². The molecule has 72 valence electrons. The van der Waals surface area contributed by atoms with Gasteiger partial charge in [0.15, 0.2) is 0 Å². The fourth-order valence-electron chi connectivity index (χ4n) is 1.66. The van der Waals surface area contributed by atoms with Gasteiger partial charge in [0.05, 0.1) is 5.69 Å². The Kier molecular flexibility index (Phi) is 2.62. The van der Waals surface area contributed by atoms with E-state index in [9.17, 15) is 0 Å². The molecular formula is C9H15N3S. The minimum absolute atomic E-state index is 0.587. The van der Waals surface area contributed by atoms with Crippen LogP contribution in [0.15, 0.2) is 0 Å². The Hall–Kier alpha value is -0.450. The van der Waals surface area contributed by atoms with Crippen molar-refractivity contribution in [3.63, 3.8) is 0 Å². The zero-order valence-corrected chi connectivity index (χ0v) is 8.73. The van der Waals surface area contributed by atoms with Gasteiger partial charge in [0, 0.05) is 30.9 Å². The lowest BCUT2D eigenvalue weighted by Crippen LogP contribution is -2.29. The molecule has 1 aliphatic heterocycles. The fourth-order valence-corrected chi connectivity index (χ4v) is 2.70. The number of hydrogen-bond donors (Lipinski definition) is 1. The van der Waals surface area contributed by atoms with E-state index in [1.807, 2.05) is 0 Å². The quantitative estimate of drug-likeness (QED) is 0.768. The van der Waals surface area contributed by atoms with Gasteiger partial charge in [-0.25, -0.2) is 4.98 Å². The molecule has 3 nitrogen and oxygen atoms in total. The van der Waals surface area contributed by atoms with Gasteiger partial charge in [-0.3, -0.25) is 4.90 Å². The number of nitrogens with zero attached hydrogens (tertiary/aromatic N) is 2. The van der Waals surface area contributed by atoms with Gasteiger partial charge in [-0.2, -0.15) is 0 Å². The third-order valence-electron chi connectivity index (χ3n) is 2.48. The van der Waals surface area contributed by atoms with Crippen molar-refractivity contribution in [2.45, 2.75) is 26.4 Å². The van der Waals surface area contributed by atoms with Crippen molar-refractivity contribution < 1.29 is 0 Å². The molecule has 0 saturated carbocycles. The molecule has 0 atom stereocenters. The van der Waals surface area contributed by atoms with Crippen LogP contribution in [-0.4, -0.2) is 23.0 Å². The molecule has 4 heteroatoms. The van der Waals surface area contributed by atoms with E-state index in [1.54, 1.807) is 11.3 Å². The Bertz CT molecular complexity index is 295. The van der Waals surface area contributed by atoms with Crippen molar-refractivity contribution in [1.29, 1.82) is 0 Å². The maximum atomic E-state index is 5.56. The Morgan fingerprint density at radius 2 is 2.46 bits per heavy atom. The highest BCUT2D eigenvalue weighted by atomic mass is 32.1. The molecule has 0 spiro atoms. The molecule has 0 amide bonds. The van der Waals surface area contributed by atoms with Crippen LogP contribution in [0.4, 0.5) is 0 Å². The first-order chi connectivity index (χ1) is 6.33. The number of thiazole rings is 1. The summed E-state index contributed by atoms with van der Waals surface area (Å²) in [5.74, 6) is 0. The minimum atomic E-state index is 0.587. The predicted molar refractivity (Wildman–Crippen MR) is 54.7 cm³/mol. The van der Waals surface area contributed by atoms with Gasteiger partial charge in [0.25, 0.3) is 0 Å². The predicted octanol–water partition coefficient (Wildman–Crippen LogP) is 0.980. The second kappa shape index (κ2) is 3.74. The smallest absolute Gasteiger partial charge is 0.107 e. The molecule has 0 fully saturated rings. The minimum Gasteiger partial charge on any atom is -0.325 e. The lowest BCUT2D eigenvalue weighted by atomic mass is 10.2. The molecule has 0 aromatic carbocycles. The Morgan fingerprint density at radius 3 is 3.15 bits per heavy atom. The van der Waals surface area contributed by atoms with E-state index in [0.717, 1.165) is 31.1 Å². The average Bonchev–Trinajstić information content (AvgIpc) is 2.58. The standard InChI is InChI=1S/C9H15N3S/c1-2-12-4-3-7-8(6-12)13-9(5-10)11-7/h2-6,10H2,1H3. The van der Waals surface area contributed by atoms with Crippen molar-refractivity contribution in [1.82, 2.24) is 9.88 Å². The van der Waals surface area contributed by atoms with E-state index in [-0.39, 0.29) is 0 Å². The number of likely N-dealkylation sites (N-methyl/N-ethyl adjacent to an activating group) is 1. The summed E-state index contributed by atoms with van der Waals surface area (Å²) in [7, 11) is 0. The largest absolute Gasteiger partial charge is 0.325 e. The van der Waals surface area contributed by atoms with E-state index in [2.05, 4.69) is 16.8 Å². The molecule has 1 aliphatic rings. The molecule has 0 radical (unpaired) electrons. The molecule has 0 bridgehead atoms. The van der Waals surface area contributed by atoms with E-state index >= 15 is 0 Å². The number of nitrogens with two attached hydrogens (primary N) is 1. The van der Waals surface area contributed by atoms with Gasteiger partial charge < -0.3 is 5.73 Å². The lowest BCUT2D eigenvalue weighted by Gasteiger charge is -2.23. The third kappa shape index (κ3) is 1.75. The van der Waals surface area contributed by atoms with Crippen LogP contribution in [0.2, 0.25) is 0 Å². The Balaban J connectivity index is 2.19. The third-order valence-corrected chi connectivity index (χ3v) is 3.58. The monoisotopic (exact) mass is 197 g/mol. The lowest BCUT2D eigenvalue weighted by molar-refractivity contribution is 0.269. The molecule has 0 aliphatic carbocycles. The van der Waals surface area contributed by atoms with Crippen molar-refractivity contribution in [3.8, 4) is 0 Å². The zero-order valence-electron chi connectivity index (χ0n) is 7.92. The molecule has 13 heavy (non-hydrogen) atoms. The van der Waals surface area contributed by atoms with Crippen molar-refractivity contribution >= 4 is 11.3 Å². The highest BCUT2D eigenvalue weighted by molar-refractivity contribution is 7.11. The first-order valence-electron chi connectivity index (χ1n) is 4.73. The molecule has 0 unspecified atom stereocenters. The van der Waals surface area contributed by atoms with E-state index in [1.165, 1.54) is 10.6 Å². The van der Waals surface area contributed by atoms with Crippen molar-refractivity contribution in [2.75, 3.05) is 13.1 Å². The van der Waals surface area contributed by atoms with Crippen LogP contribution in [0.5, 0.6) is 0 Å². The molecule has 0 saturated heterocycles. The molecule has 1 aromatic heterocycles. The SMILES string of the molecule is CCN1CCc2nc(CN)sc2C1. The normalized spacial score (nSPS) is 17.4. The van der Waals surface area contributed by atoms with E-state index in [4.69, 9.17) is 5.73 Å². The summed E-state index contributed by atoms with van der Waals surface area (Å²) in [5.41, 5.74) is 6.85. The number of fused-ring (bicyclic) bond motifs is 1. The summed E-state index contributed by atoms with van der Waals surface area (Å²) in [4.78, 5) is 8.37. The summed E-state index contributed by atoms with van der Waals surface area (Å²) < 4.78 is 0. The summed E-state index contributed by atoms with van der Waals surface area (Å²) in [6.07, 6.45) is 1.10. The van der Waals surface area contributed by atoms with E-state index in [0.29, 0.717) is 6.54 Å². The van der Waals surface area contributed by atoms with Gasteiger partial charge in [-0.05, 0) is 6.54 Å². The van der Waals surface area contributed by atoms with E-state index < -0.39 is 0 Å². The number of hydrogen-bond acceptors (Lipinski definition) is 4. The molecule has 2 N–H and O–H groups in total. The maximum Gasteiger partial charge on any atom is 0.107 e. The number of rotatable bonds is 2. The average molecular weight is 197 g/mol. The first-order valence-corrected chi connectivity index (χ1v) is 5.55. The van der Waals surface area contributed by atoms with Crippen molar-refractivity contribution in [2.24, 2.45) is 5.73 Å². The highest BCUT2D eigenvalue weighted by Crippen LogP contribution is 2.24. The van der Waals surface area contributed by atoms with Gasteiger partial charge in [-0.1, -0.05) is 6.92 Å². The number of aromatic nitrogens is 1. The van der Waals surface area contributed by atoms with Crippen molar-refractivity contribution in [3.05, 3.63) is 15.6 Å². The van der Waals surface area contributed by atoms with Gasteiger partial charge in [0.1, 0.15) is 5.01 Å². The second-order valence-electron chi connectivity index (χ2n) is 3.30. The van der Waals surface area contributed by atoms with Crippen LogP contribution < -0.4 is 5.73 Å². The Morgan fingerprint density at radius 1 is 1.62 bits per heavy atom. The second-order valence-corrected chi connectivity index (χ2v) is 4.47. The van der Waals surface area contributed by atoms with Crippen LogP contribution in [0, 0.1) is 0 Å².